The zero-order valence-corrected chi connectivity index (χ0v) is 17.3. The first kappa shape index (κ1) is 19.6. The van der Waals surface area contributed by atoms with Gasteiger partial charge in [0.1, 0.15) is 0 Å². The summed E-state index contributed by atoms with van der Waals surface area (Å²) in [5, 5.41) is 0. The molecule has 0 bridgehead atoms. The number of imidazole rings is 1. The summed E-state index contributed by atoms with van der Waals surface area (Å²) in [4.78, 5) is 14.6. The molecule has 0 atom stereocenters. The summed E-state index contributed by atoms with van der Waals surface area (Å²) in [5.74, 6) is 0. The Morgan fingerprint density at radius 3 is 2.55 bits per heavy atom. The van der Waals surface area contributed by atoms with Crippen LogP contribution >= 0.6 is 0 Å². The summed E-state index contributed by atoms with van der Waals surface area (Å²) in [6, 6.07) is 15.1. The van der Waals surface area contributed by atoms with Crippen molar-refractivity contribution in [3.8, 4) is 0 Å². The number of nitrogens with one attached hydrogen (secondary N) is 1. The minimum atomic E-state index is 1.09. The van der Waals surface area contributed by atoms with E-state index in [0.29, 0.717) is 0 Å². The summed E-state index contributed by atoms with van der Waals surface area (Å²) in [5.41, 5.74) is 7.80. The molecule has 3 aromatic rings. The second kappa shape index (κ2) is 9.66. The number of aromatic nitrogens is 3. The maximum Gasteiger partial charge on any atom is 0.0921 e. The Labute approximate surface area is 173 Å². The number of aromatic amines is 1. The van der Waals surface area contributed by atoms with Gasteiger partial charge in [-0.05, 0) is 63.3 Å². The number of hydrogen-bond donors (Lipinski definition) is 1. The lowest BCUT2D eigenvalue weighted by Gasteiger charge is -2.30. The Morgan fingerprint density at radius 1 is 1.03 bits per heavy atom. The average Bonchev–Trinajstić information content (AvgIpc) is 3.28. The minimum absolute atomic E-state index is 1.09. The van der Waals surface area contributed by atoms with E-state index in [1.54, 1.807) is 11.9 Å². The molecule has 29 heavy (non-hydrogen) atoms. The largest absolute Gasteiger partial charge is 0.348 e. The van der Waals surface area contributed by atoms with Gasteiger partial charge in [-0.2, -0.15) is 0 Å². The van der Waals surface area contributed by atoms with Crippen LogP contribution in [-0.2, 0) is 6.42 Å². The number of unbranched alkanes of at least 4 members (excludes halogenated alkanes) is 1. The van der Waals surface area contributed by atoms with Crippen molar-refractivity contribution in [2.75, 3.05) is 19.6 Å². The van der Waals surface area contributed by atoms with E-state index >= 15 is 0 Å². The third-order valence-electron chi connectivity index (χ3n) is 5.80. The summed E-state index contributed by atoms with van der Waals surface area (Å²) < 4.78 is 0. The van der Waals surface area contributed by atoms with Gasteiger partial charge in [0.25, 0.3) is 0 Å². The Hall–Kier alpha value is -2.72. The van der Waals surface area contributed by atoms with Gasteiger partial charge in [0, 0.05) is 36.8 Å². The maximum absolute atomic E-state index is 4.68. The number of H-pyrrole nitrogens is 1. The van der Waals surface area contributed by atoms with E-state index in [1.807, 2.05) is 18.5 Å². The molecular formula is C25H30N4. The van der Waals surface area contributed by atoms with Crippen LogP contribution in [0.4, 0.5) is 0 Å². The summed E-state index contributed by atoms with van der Waals surface area (Å²) in [6.45, 7) is 5.61. The lowest BCUT2D eigenvalue weighted by atomic mass is 9.90. The van der Waals surface area contributed by atoms with Crippen molar-refractivity contribution in [2.24, 2.45) is 0 Å². The predicted octanol–water partition coefficient (Wildman–Crippen LogP) is 5.03. The molecule has 3 heterocycles. The molecular weight excluding hydrogens is 356 g/mol. The Bertz CT molecular complexity index is 901. The molecule has 0 radical (unpaired) electrons. The lowest BCUT2D eigenvalue weighted by molar-refractivity contribution is 0.252. The maximum atomic E-state index is 4.68. The minimum Gasteiger partial charge on any atom is -0.348 e. The molecule has 2 aromatic heterocycles. The van der Waals surface area contributed by atoms with Gasteiger partial charge in [-0.25, -0.2) is 4.98 Å². The average molecular weight is 387 g/mol. The zero-order chi connectivity index (χ0) is 19.9. The molecule has 4 rings (SSSR count). The first-order valence-corrected chi connectivity index (χ1v) is 10.7. The second-order valence-corrected chi connectivity index (χ2v) is 7.94. The molecule has 1 N–H and O–H groups in total. The van der Waals surface area contributed by atoms with E-state index in [4.69, 9.17) is 0 Å². The van der Waals surface area contributed by atoms with Crippen LogP contribution in [0.1, 0.15) is 48.2 Å². The third-order valence-corrected chi connectivity index (χ3v) is 5.80. The topological polar surface area (TPSA) is 44.8 Å². The van der Waals surface area contributed by atoms with Crippen molar-refractivity contribution in [2.45, 2.75) is 39.0 Å². The highest BCUT2D eigenvalue weighted by atomic mass is 15.1. The van der Waals surface area contributed by atoms with E-state index < -0.39 is 0 Å². The molecule has 1 aromatic carbocycles. The number of aryl methyl sites for hydroxylation is 2. The Morgan fingerprint density at radius 2 is 1.86 bits per heavy atom. The standard InChI is InChI=1S/C25H30N4/c1-20-8-10-21(11-9-20)25(24-7-2-4-14-27-24)22-12-16-29(17-13-22)15-5-3-6-23-18-26-19-28-23/h2,4,7-11,14,18-19H,3,5-6,12-13,15-17H2,1H3,(H,26,28). The summed E-state index contributed by atoms with van der Waals surface area (Å²) >= 11 is 0. The lowest BCUT2D eigenvalue weighted by Crippen LogP contribution is -2.32. The number of rotatable bonds is 7. The van der Waals surface area contributed by atoms with Crippen molar-refractivity contribution < 1.29 is 0 Å². The molecule has 0 spiro atoms. The first-order chi connectivity index (χ1) is 14.3. The van der Waals surface area contributed by atoms with E-state index in [9.17, 15) is 0 Å². The fourth-order valence-corrected chi connectivity index (χ4v) is 4.13. The molecule has 1 fully saturated rings. The van der Waals surface area contributed by atoms with Gasteiger partial charge in [-0.3, -0.25) is 4.98 Å². The monoisotopic (exact) mass is 386 g/mol. The number of nitrogens with zero attached hydrogens (tertiary/aromatic N) is 3. The van der Waals surface area contributed by atoms with Crippen LogP contribution in [0, 0.1) is 6.92 Å². The van der Waals surface area contributed by atoms with Gasteiger partial charge in [0.2, 0.25) is 0 Å². The molecule has 0 unspecified atom stereocenters. The van der Waals surface area contributed by atoms with Crippen LogP contribution in [0.5, 0.6) is 0 Å². The highest BCUT2D eigenvalue weighted by molar-refractivity contribution is 5.80. The number of likely N-dealkylation sites (tertiary alicyclic amines) is 1. The number of piperidine rings is 1. The SMILES string of the molecule is Cc1ccc(C(=C2CCN(CCCCc3cnc[nH]3)CC2)c2ccccn2)cc1. The normalized spacial score (nSPS) is 14.9. The van der Waals surface area contributed by atoms with Crippen LogP contribution in [0.3, 0.4) is 0 Å². The van der Waals surface area contributed by atoms with Crippen molar-refractivity contribution in [1.29, 1.82) is 0 Å². The molecule has 4 nitrogen and oxygen atoms in total. The molecule has 150 valence electrons. The van der Waals surface area contributed by atoms with Gasteiger partial charge < -0.3 is 9.88 Å². The molecule has 1 aliphatic heterocycles. The third kappa shape index (κ3) is 5.21. The predicted molar refractivity (Wildman–Crippen MR) is 119 cm³/mol. The van der Waals surface area contributed by atoms with E-state index in [1.165, 1.54) is 41.8 Å². The van der Waals surface area contributed by atoms with E-state index in [2.05, 4.69) is 63.2 Å². The van der Waals surface area contributed by atoms with Crippen molar-refractivity contribution in [3.63, 3.8) is 0 Å². The fourth-order valence-electron chi connectivity index (χ4n) is 4.13. The number of hydrogen-bond acceptors (Lipinski definition) is 3. The Balaban J connectivity index is 1.40. The molecule has 1 aliphatic rings. The van der Waals surface area contributed by atoms with Gasteiger partial charge in [0.15, 0.2) is 0 Å². The number of benzene rings is 1. The van der Waals surface area contributed by atoms with Crippen molar-refractivity contribution in [3.05, 3.63) is 89.3 Å². The van der Waals surface area contributed by atoms with Crippen molar-refractivity contribution in [1.82, 2.24) is 19.9 Å². The number of pyridine rings is 1. The smallest absolute Gasteiger partial charge is 0.0921 e. The van der Waals surface area contributed by atoms with Crippen LogP contribution < -0.4 is 0 Å². The molecule has 0 aliphatic carbocycles. The van der Waals surface area contributed by atoms with E-state index in [-0.39, 0.29) is 0 Å². The van der Waals surface area contributed by atoms with Gasteiger partial charge >= 0.3 is 0 Å². The summed E-state index contributed by atoms with van der Waals surface area (Å²) in [7, 11) is 0. The Kier molecular flexibility index (Phi) is 6.52. The van der Waals surface area contributed by atoms with Crippen LogP contribution in [-0.4, -0.2) is 39.5 Å². The van der Waals surface area contributed by atoms with Gasteiger partial charge in [-0.1, -0.05) is 41.5 Å². The van der Waals surface area contributed by atoms with E-state index in [0.717, 1.165) is 38.0 Å². The van der Waals surface area contributed by atoms with Crippen LogP contribution in [0.25, 0.3) is 5.57 Å². The highest BCUT2D eigenvalue weighted by Gasteiger charge is 2.19. The van der Waals surface area contributed by atoms with Gasteiger partial charge in [0.05, 0.1) is 12.0 Å². The van der Waals surface area contributed by atoms with Gasteiger partial charge in [-0.15, -0.1) is 0 Å². The first-order valence-electron chi connectivity index (χ1n) is 10.7. The summed E-state index contributed by atoms with van der Waals surface area (Å²) in [6.07, 6.45) is 11.4. The molecule has 1 saturated heterocycles. The molecule has 4 heteroatoms. The fraction of sp³-hybridized carbons (Fsp3) is 0.360. The van der Waals surface area contributed by atoms with Crippen LogP contribution in [0.15, 0.2) is 66.8 Å². The zero-order valence-electron chi connectivity index (χ0n) is 17.3. The molecule has 0 saturated carbocycles. The van der Waals surface area contributed by atoms with Crippen molar-refractivity contribution >= 4 is 5.57 Å². The second-order valence-electron chi connectivity index (χ2n) is 7.94. The molecule has 0 amide bonds. The highest BCUT2D eigenvalue weighted by Crippen LogP contribution is 2.31. The van der Waals surface area contributed by atoms with Crippen LogP contribution in [0.2, 0.25) is 0 Å². The quantitative estimate of drug-likeness (QED) is 0.579.